The number of hydrogen-bond acceptors (Lipinski definition) is 3. The van der Waals surface area contributed by atoms with Crippen molar-refractivity contribution in [2.24, 2.45) is 5.92 Å². The van der Waals surface area contributed by atoms with E-state index in [2.05, 4.69) is 6.07 Å². The zero-order chi connectivity index (χ0) is 16.5. The Balaban J connectivity index is 1.80. The van der Waals surface area contributed by atoms with E-state index in [9.17, 15) is 14.9 Å². The van der Waals surface area contributed by atoms with Gasteiger partial charge in [0.2, 0.25) is 0 Å². The van der Waals surface area contributed by atoms with E-state index in [4.69, 9.17) is 0 Å². The molecule has 2 rings (SSSR count). The molecule has 1 atom stereocenters. The summed E-state index contributed by atoms with van der Waals surface area (Å²) >= 11 is 0. The first kappa shape index (κ1) is 16.6. The fraction of sp³-hybridized carbons (Fsp3) is 0.250. The molecule has 0 saturated heterocycles. The minimum atomic E-state index is -0.341. The minimum Gasteiger partial charge on any atom is -0.294 e. The molecular formula is C20H19NO2. The largest absolute Gasteiger partial charge is 0.294 e. The fourth-order valence-corrected chi connectivity index (χ4v) is 2.46. The van der Waals surface area contributed by atoms with Gasteiger partial charge in [-0.3, -0.25) is 9.59 Å². The Labute approximate surface area is 136 Å². The topological polar surface area (TPSA) is 57.9 Å². The summed E-state index contributed by atoms with van der Waals surface area (Å²) in [6, 6.07) is 20.3. The number of nitriles is 1. The summed E-state index contributed by atoms with van der Waals surface area (Å²) in [4.78, 5) is 24.1. The molecule has 2 aromatic rings. The van der Waals surface area contributed by atoms with Gasteiger partial charge in [0.25, 0.3) is 0 Å². The van der Waals surface area contributed by atoms with Crippen LogP contribution in [0.3, 0.4) is 0 Å². The molecule has 0 fully saturated rings. The lowest BCUT2D eigenvalue weighted by Crippen LogP contribution is -2.08. The van der Waals surface area contributed by atoms with Crippen LogP contribution in [0.5, 0.6) is 0 Å². The molecule has 2 aromatic carbocycles. The molecule has 23 heavy (non-hydrogen) atoms. The molecule has 3 nitrogen and oxygen atoms in total. The smallest absolute Gasteiger partial charge is 0.164 e. The molecule has 0 spiro atoms. The number of ketones is 2. The van der Waals surface area contributed by atoms with Gasteiger partial charge in [0.05, 0.1) is 12.0 Å². The molecular weight excluding hydrogens is 286 g/mol. The third-order valence-corrected chi connectivity index (χ3v) is 3.76. The van der Waals surface area contributed by atoms with Gasteiger partial charge in [-0.2, -0.15) is 5.26 Å². The van der Waals surface area contributed by atoms with Crippen LogP contribution in [-0.2, 0) is 0 Å². The number of carbonyl (C=O) groups is 2. The van der Waals surface area contributed by atoms with Gasteiger partial charge in [0.15, 0.2) is 11.6 Å². The number of hydrogen-bond donors (Lipinski definition) is 0. The summed E-state index contributed by atoms with van der Waals surface area (Å²) in [7, 11) is 0. The van der Waals surface area contributed by atoms with Crippen LogP contribution in [0.4, 0.5) is 0 Å². The van der Waals surface area contributed by atoms with Crippen molar-refractivity contribution in [2.75, 3.05) is 0 Å². The molecule has 0 amide bonds. The molecule has 0 bridgehead atoms. The summed E-state index contributed by atoms with van der Waals surface area (Å²) in [6.45, 7) is 0. The molecule has 116 valence electrons. The molecule has 1 unspecified atom stereocenters. The quantitative estimate of drug-likeness (QED) is 0.677. The lowest BCUT2D eigenvalue weighted by Gasteiger charge is -2.08. The molecule has 0 aliphatic heterocycles. The predicted molar refractivity (Wildman–Crippen MR) is 89.1 cm³/mol. The second-order valence-electron chi connectivity index (χ2n) is 5.50. The van der Waals surface area contributed by atoms with Gasteiger partial charge < -0.3 is 0 Å². The average Bonchev–Trinajstić information content (AvgIpc) is 2.62. The SMILES string of the molecule is N#CC(CCCC(=O)c1ccccc1)CC(=O)c1ccccc1. The van der Waals surface area contributed by atoms with Crippen LogP contribution >= 0.6 is 0 Å². The second kappa shape index (κ2) is 8.65. The Hall–Kier alpha value is -2.73. The van der Waals surface area contributed by atoms with Crippen molar-refractivity contribution in [2.45, 2.75) is 25.7 Å². The van der Waals surface area contributed by atoms with Gasteiger partial charge in [0.1, 0.15) is 0 Å². The molecule has 0 aromatic heterocycles. The van der Waals surface area contributed by atoms with Crippen LogP contribution in [-0.4, -0.2) is 11.6 Å². The van der Waals surface area contributed by atoms with Crippen molar-refractivity contribution in [3.63, 3.8) is 0 Å². The minimum absolute atomic E-state index is 0.0217. The summed E-state index contributed by atoms with van der Waals surface area (Å²) in [5.41, 5.74) is 1.33. The lowest BCUT2D eigenvalue weighted by molar-refractivity contribution is 0.0967. The summed E-state index contributed by atoms with van der Waals surface area (Å²) in [6.07, 6.45) is 1.80. The van der Waals surface area contributed by atoms with E-state index >= 15 is 0 Å². The van der Waals surface area contributed by atoms with Gasteiger partial charge in [-0.15, -0.1) is 0 Å². The average molecular weight is 305 g/mol. The van der Waals surface area contributed by atoms with E-state index in [-0.39, 0.29) is 23.9 Å². The molecule has 0 N–H and O–H groups in total. The van der Waals surface area contributed by atoms with Gasteiger partial charge in [-0.25, -0.2) is 0 Å². The summed E-state index contributed by atoms with van der Waals surface area (Å²) in [5.74, 6) is -0.283. The van der Waals surface area contributed by atoms with Crippen molar-refractivity contribution in [3.05, 3.63) is 71.8 Å². The van der Waals surface area contributed by atoms with Crippen molar-refractivity contribution < 1.29 is 9.59 Å². The highest BCUT2D eigenvalue weighted by Gasteiger charge is 2.15. The Kier molecular flexibility index (Phi) is 6.26. The number of Topliss-reactive ketones (excluding diaryl/α,β-unsaturated/α-hetero) is 2. The first-order valence-corrected chi connectivity index (χ1v) is 7.77. The summed E-state index contributed by atoms with van der Waals surface area (Å²) in [5, 5.41) is 9.22. The zero-order valence-electron chi connectivity index (χ0n) is 12.9. The highest BCUT2D eigenvalue weighted by atomic mass is 16.1. The zero-order valence-corrected chi connectivity index (χ0v) is 12.9. The number of nitrogens with zero attached hydrogens (tertiary/aromatic N) is 1. The third-order valence-electron chi connectivity index (χ3n) is 3.76. The Morgan fingerprint density at radius 3 is 1.91 bits per heavy atom. The molecule has 0 radical (unpaired) electrons. The van der Waals surface area contributed by atoms with E-state index < -0.39 is 0 Å². The van der Waals surface area contributed by atoms with Gasteiger partial charge in [-0.1, -0.05) is 60.7 Å². The predicted octanol–water partition coefficient (Wildman–Crippen LogP) is 4.45. The number of benzene rings is 2. The van der Waals surface area contributed by atoms with Crippen molar-refractivity contribution in [1.29, 1.82) is 5.26 Å². The molecule has 3 heteroatoms. The van der Waals surface area contributed by atoms with Gasteiger partial charge in [-0.05, 0) is 12.8 Å². The molecule has 0 aliphatic rings. The lowest BCUT2D eigenvalue weighted by atomic mass is 9.93. The third kappa shape index (κ3) is 5.19. The Bertz CT molecular complexity index is 687. The van der Waals surface area contributed by atoms with E-state index in [0.717, 1.165) is 0 Å². The monoisotopic (exact) mass is 305 g/mol. The molecule has 0 heterocycles. The molecule has 0 aliphatic carbocycles. The maximum atomic E-state index is 12.1. The van der Waals surface area contributed by atoms with Crippen molar-refractivity contribution >= 4 is 11.6 Å². The number of carbonyl (C=O) groups excluding carboxylic acids is 2. The maximum Gasteiger partial charge on any atom is 0.164 e. The van der Waals surface area contributed by atoms with E-state index in [0.29, 0.717) is 30.4 Å². The Morgan fingerprint density at radius 2 is 1.39 bits per heavy atom. The van der Waals surface area contributed by atoms with Crippen molar-refractivity contribution in [1.82, 2.24) is 0 Å². The fourth-order valence-electron chi connectivity index (χ4n) is 2.46. The van der Waals surface area contributed by atoms with Crippen LogP contribution in [0.1, 0.15) is 46.4 Å². The summed E-state index contributed by atoms with van der Waals surface area (Å²) < 4.78 is 0. The highest BCUT2D eigenvalue weighted by Crippen LogP contribution is 2.17. The van der Waals surface area contributed by atoms with Gasteiger partial charge in [0, 0.05) is 24.0 Å². The molecule has 0 saturated carbocycles. The standard InChI is InChI=1S/C20H19NO2/c21-15-16(14-20(23)18-11-5-2-6-12-18)8-7-13-19(22)17-9-3-1-4-10-17/h1-6,9-12,16H,7-8,13-14H2. The highest BCUT2D eigenvalue weighted by molar-refractivity contribution is 5.96. The van der Waals surface area contributed by atoms with E-state index in [1.165, 1.54) is 0 Å². The normalized spacial score (nSPS) is 11.4. The van der Waals surface area contributed by atoms with Crippen LogP contribution in [0.25, 0.3) is 0 Å². The first-order valence-electron chi connectivity index (χ1n) is 7.77. The van der Waals surface area contributed by atoms with Crippen LogP contribution in [0, 0.1) is 17.2 Å². The number of rotatable bonds is 8. The van der Waals surface area contributed by atoms with Crippen LogP contribution in [0.2, 0.25) is 0 Å². The van der Waals surface area contributed by atoms with Gasteiger partial charge >= 0.3 is 0 Å². The van der Waals surface area contributed by atoms with Crippen LogP contribution in [0.15, 0.2) is 60.7 Å². The maximum absolute atomic E-state index is 12.1. The van der Waals surface area contributed by atoms with E-state index in [1.54, 1.807) is 24.3 Å². The van der Waals surface area contributed by atoms with Crippen molar-refractivity contribution in [3.8, 4) is 6.07 Å². The first-order chi connectivity index (χ1) is 11.2. The Morgan fingerprint density at radius 1 is 0.870 bits per heavy atom. The van der Waals surface area contributed by atoms with Crippen LogP contribution < -0.4 is 0 Å². The van der Waals surface area contributed by atoms with E-state index in [1.807, 2.05) is 36.4 Å². The second-order valence-corrected chi connectivity index (χ2v) is 5.50.